The maximum absolute atomic E-state index is 4.14. The van der Waals surface area contributed by atoms with Crippen molar-refractivity contribution in [3.8, 4) is 0 Å². The van der Waals surface area contributed by atoms with Gasteiger partial charge in [0.2, 0.25) is 0 Å². The van der Waals surface area contributed by atoms with Crippen LogP contribution in [0, 0.1) is 0 Å². The van der Waals surface area contributed by atoms with Crippen molar-refractivity contribution in [3.05, 3.63) is 22.4 Å². The lowest BCUT2D eigenvalue weighted by atomic mass is 10.3. The van der Waals surface area contributed by atoms with Crippen LogP contribution in [0.4, 0.5) is 0 Å². The summed E-state index contributed by atoms with van der Waals surface area (Å²) in [4.78, 5) is 1.47. The first-order valence-corrected chi connectivity index (χ1v) is 5.78. The molecule has 1 rings (SSSR count). The van der Waals surface area contributed by atoms with Crippen LogP contribution in [-0.2, 0) is 6.42 Å². The first-order valence-electron chi connectivity index (χ1n) is 4.27. The van der Waals surface area contributed by atoms with Crippen LogP contribution >= 0.6 is 24.0 Å². The summed E-state index contributed by atoms with van der Waals surface area (Å²) in [6.07, 6.45) is 2.32. The third kappa shape index (κ3) is 4.14. The number of hydrogen-bond acceptors (Lipinski definition) is 3. The lowest BCUT2D eigenvalue weighted by Crippen LogP contribution is -2.18. The van der Waals surface area contributed by atoms with Crippen molar-refractivity contribution in [2.24, 2.45) is 0 Å². The number of thiol groups is 1. The van der Waals surface area contributed by atoms with Crippen LogP contribution in [0.5, 0.6) is 0 Å². The van der Waals surface area contributed by atoms with E-state index in [0.717, 1.165) is 31.7 Å². The van der Waals surface area contributed by atoms with Crippen LogP contribution in [0.1, 0.15) is 11.3 Å². The van der Waals surface area contributed by atoms with Gasteiger partial charge in [0.1, 0.15) is 0 Å². The second-order valence-corrected chi connectivity index (χ2v) is 4.14. The van der Waals surface area contributed by atoms with Crippen molar-refractivity contribution in [2.75, 3.05) is 18.8 Å². The molecule has 1 heterocycles. The van der Waals surface area contributed by atoms with E-state index in [1.54, 1.807) is 0 Å². The Kier molecular flexibility index (Phi) is 5.48. The monoisotopic (exact) mass is 201 g/mol. The highest BCUT2D eigenvalue weighted by Crippen LogP contribution is 2.07. The molecule has 0 fully saturated rings. The van der Waals surface area contributed by atoms with Crippen LogP contribution < -0.4 is 5.32 Å². The van der Waals surface area contributed by atoms with E-state index in [1.165, 1.54) is 4.88 Å². The number of nitrogens with one attached hydrogen (secondary N) is 1. The molecule has 0 spiro atoms. The van der Waals surface area contributed by atoms with E-state index in [9.17, 15) is 0 Å². The maximum Gasteiger partial charge on any atom is 0.00578 e. The fourth-order valence-corrected chi connectivity index (χ4v) is 1.86. The van der Waals surface area contributed by atoms with Crippen molar-refractivity contribution in [1.82, 2.24) is 5.32 Å². The van der Waals surface area contributed by atoms with E-state index in [1.807, 2.05) is 11.3 Å². The summed E-state index contributed by atoms with van der Waals surface area (Å²) in [6, 6.07) is 4.29. The highest BCUT2D eigenvalue weighted by molar-refractivity contribution is 7.80. The zero-order valence-corrected chi connectivity index (χ0v) is 8.83. The summed E-state index contributed by atoms with van der Waals surface area (Å²) in [5.41, 5.74) is 0. The fourth-order valence-electron chi connectivity index (χ4n) is 0.995. The highest BCUT2D eigenvalue weighted by Gasteiger charge is 1.91. The molecule has 12 heavy (non-hydrogen) atoms. The van der Waals surface area contributed by atoms with Crippen molar-refractivity contribution in [3.63, 3.8) is 0 Å². The molecule has 0 bridgehead atoms. The topological polar surface area (TPSA) is 12.0 Å². The van der Waals surface area contributed by atoms with Crippen LogP contribution in [0.3, 0.4) is 0 Å². The molecule has 68 valence electrons. The molecule has 1 N–H and O–H groups in total. The van der Waals surface area contributed by atoms with Gasteiger partial charge in [-0.3, -0.25) is 0 Å². The molecule has 3 heteroatoms. The van der Waals surface area contributed by atoms with Crippen molar-refractivity contribution >= 4 is 24.0 Å². The highest BCUT2D eigenvalue weighted by atomic mass is 32.1. The quantitative estimate of drug-likeness (QED) is 0.531. The van der Waals surface area contributed by atoms with Gasteiger partial charge in [0, 0.05) is 4.88 Å². The van der Waals surface area contributed by atoms with Gasteiger partial charge < -0.3 is 5.32 Å². The van der Waals surface area contributed by atoms with E-state index in [-0.39, 0.29) is 0 Å². The molecule has 0 atom stereocenters. The average Bonchev–Trinajstić information content (AvgIpc) is 2.57. The molecule has 0 aliphatic heterocycles. The average molecular weight is 201 g/mol. The minimum Gasteiger partial charge on any atom is -0.316 e. The van der Waals surface area contributed by atoms with Gasteiger partial charge in [0.15, 0.2) is 0 Å². The van der Waals surface area contributed by atoms with E-state index in [0.29, 0.717) is 0 Å². The third-order valence-corrected chi connectivity index (χ3v) is 2.89. The van der Waals surface area contributed by atoms with Gasteiger partial charge in [-0.15, -0.1) is 11.3 Å². The molecule has 1 aromatic heterocycles. The first kappa shape index (κ1) is 10.1. The van der Waals surface area contributed by atoms with Crippen LogP contribution in [0.15, 0.2) is 17.5 Å². The normalized spacial score (nSPS) is 10.4. The van der Waals surface area contributed by atoms with E-state index in [4.69, 9.17) is 0 Å². The zero-order valence-electron chi connectivity index (χ0n) is 7.12. The summed E-state index contributed by atoms with van der Waals surface area (Å²) in [6.45, 7) is 2.18. The van der Waals surface area contributed by atoms with Gasteiger partial charge in [-0.25, -0.2) is 0 Å². The van der Waals surface area contributed by atoms with Crippen LogP contribution in [-0.4, -0.2) is 18.8 Å². The summed E-state index contributed by atoms with van der Waals surface area (Å²) in [5.74, 6) is 0.978. The van der Waals surface area contributed by atoms with Crippen LogP contribution in [0.2, 0.25) is 0 Å². The Morgan fingerprint density at radius 1 is 1.42 bits per heavy atom. The predicted octanol–water partition coefficient (Wildman–Crippen LogP) is 2.20. The van der Waals surface area contributed by atoms with Gasteiger partial charge in [-0.05, 0) is 43.1 Å². The molecule has 0 unspecified atom stereocenters. The number of rotatable bonds is 6. The summed E-state index contributed by atoms with van der Waals surface area (Å²) in [7, 11) is 0. The van der Waals surface area contributed by atoms with E-state index >= 15 is 0 Å². The second-order valence-electron chi connectivity index (χ2n) is 2.66. The van der Waals surface area contributed by atoms with Crippen molar-refractivity contribution in [2.45, 2.75) is 12.8 Å². The van der Waals surface area contributed by atoms with Gasteiger partial charge >= 0.3 is 0 Å². The van der Waals surface area contributed by atoms with Crippen molar-refractivity contribution in [1.29, 1.82) is 0 Å². The largest absolute Gasteiger partial charge is 0.316 e. The molecule has 1 aromatic rings. The maximum atomic E-state index is 4.14. The Morgan fingerprint density at radius 2 is 2.33 bits per heavy atom. The summed E-state index contributed by atoms with van der Waals surface area (Å²) in [5, 5.41) is 5.51. The second kappa shape index (κ2) is 6.52. The molecule has 0 saturated carbocycles. The molecule has 0 aliphatic carbocycles. The Balaban J connectivity index is 1.96. The third-order valence-electron chi connectivity index (χ3n) is 1.64. The van der Waals surface area contributed by atoms with E-state index < -0.39 is 0 Å². The van der Waals surface area contributed by atoms with Gasteiger partial charge in [0.05, 0.1) is 0 Å². The standard InChI is InChI=1S/C9H15NS2/c11-7-2-5-10-6-4-9-3-1-8-12-9/h1,3,8,10-11H,2,4-7H2. The Hall–Kier alpha value is 0.01000. The Bertz CT molecular complexity index is 184. The molecule has 1 nitrogen and oxygen atoms in total. The smallest absolute Gasteiger partial charge is 0.00578 e. The molecule has 0 aromatic carbocycles. The molecule has 0 saturated heterocycles. The summed E-state index contributed by atoms with van der Waals surface area (Å²) >= 11 is 5.98. The first-order chi connectivity index (χ1) is 5.93. The molecule has 0 aliphatic rings. The SMILES string of the molecule is SCCCNCCc1cccs1. The fraction of sp³-hybridized carbons (Fsp3) is 0.556. The molecule has 0 amide bonds. The van der Waals surface area contributed by atoms with Gasteiger partial charge in [-0.1, -0.05) is 6.07 Å². The Labute approximate surface area is 83.6 Å². The summed E-state index contributed by atoms with van der Waals surface area (Å²) < 4.78 is 0. The minimum atomic E-state index is 0.978. The van der Waals surface area contributed by atoms with Gasteiger partial charge in [0.25, 0.3) is 0 Å². The zero-order chi connectivity index (χ0) is 8.65. The molecular weight excluding hydrogens is 186 g/mol. The number of thiophene rings is 1. The van der Waals surface area contributed by atoms with Gasteiger partial charge in [-0.2, -0.15) is 12.6 Å². The molecular formula is C9H15NS2. The molecule has 0 radical (unpaired) electrons. The number of hydrogen-bond donors (Lipinski definition) is 2. The Morgan fingerprint density at radius 3 is 3.00 bits per heavy atom. The lowest BCUT2D eigenvalue weighted by molar-refractivity contribution is 0.678. The minimum absolute atomic E-state index is 0.978. The lowest BCUT2D eigenvalue weighted by Gasteiger charge is -2.00. The van der Waals surface area contributed by atoms with Crippen LogP contribution in [0.25, 0.3) is 0 Å². The van der Waals surface area contributed by atoms with E-state index in [2.05, 4.69) is 35.5 Å². The van der Waals surface area contributed by atoms with Crippen molar-refractivity contribution < 1.29 is 0 Å². The predicted molar refractivity (Wildman–Crippen MR) is 59.4 cm³/mol.